The number of hydrogen-bond donors (Lipinski definition) is 3. The highest BCUT2D eigenvalue weighted by Crippen LogP contribution is 2.41. The van der Waals surface area contributed by atoms with Gasteiger partial charge in [-0.25, -0.2) is 14.5 Å². The lowest BCUT2D eigenvalue weighted by Gasteiger charge is -2.49. The van der Waals surface area contributed by atoms with Crippen LogP contribution in [0.2, 0.25) is 0 Å². The number of nitrogens with two attached hydrogens (primary N) is 1. The van der Waals surface area contributed by atoms with Gasteiger partial charge in [-0.15, -0.1) is 28.2 Å². The number of aryl methyl sites for hydroxylation is 1. The van der Waals surface area contributed by atoms with Crippen LogP contribution in [0.3, 0.4) is 0 Å². The summed E-state index contributed by atoms with van der Waals surface area (Å²) in [6, 6.07) is -0.931. The Morgan fingerprint density at radius 1 is 1.46 bits per heavy atom. The highest BCUT2D eigenvalue weighted by Gasteiger charge is 2.54. The summed E-state index contributed by atoms with van der Waals surface area (Å²) in [5.74, 6) is -1.76. The highest BCUT2D eigenvalue weighted by molar-refractivity contribution is 8.01. The third-order valence-electron chi connectivity index (χ3n) is 4.83. The smallest absolute Gasteiger partial charge is 0.352 e. The van der Waals surface area contributed by atoms with Crippen LogP contribution in [-0.4, -0.2) is 87.7 Å². The predicted octanol–water partition coefficient (Wildman–Crippen LogP) is -0.0912. The number of carbonyl (C=O) groups excluding carboxylic acids is 2. The number of carboxylic acid groups (broad SMARTS) is 1. The molecular weight excluding hydrogens is 518 g/mol. The van der Waals surface area contributed by atoms with Crippen molar-refractivity contribution in [2.45, 2.75) is 36.5 Å². The lowest BCUT2D eigenvalue weighted by molar-refractivity contribution is -0.150. The molecule has 2 aromatic rings. The van der Waals surface area contributed by atoms with Crippen LogP contribution >= 0.6 is 34.9 Å². The minimum atomic E-state index is -1.22. The molecule has 0 bridgehead atoms. The number of amides is 2. The second-order valence-corrected chi connectivity index (χ2v) is 10.6. The van der Waals surface area contributed by atoms with Gasteiger partial charge < -0.3 is 21.0 Å². The number of aliphatic carboxylic acids is 1. The van der Waals surface area contributed by atoms with Crippen molar-refractivity contribution in [3.8, 4) is 0 Å². The first-order valence-electron chi connectivity index (χ1n) is 10.2. The van der Waals surface area contributed by atoms with E-state index < -0.39 is 29.2 Å². The maximum atomic E-state index is 13.0. The Kier molecular flexibility index (Phi) is 7.27. The summed E-state index contributed by atoms with van der Waals surface area (Å²) in [6.07, 6.45) is -0.291. The number of fused-ring (bicyclic) bond motifs is 1. The topological polar surface area (TPSA) is 191 Å². The lowest BCUT2D eigenvalue weighted by Crippen LogP contribution is -2.71. The number of thiazole rings is 1. The molecule has 0 aromatic carbocycles. The normalized spacial score (nSPS) is 20.1. The average molecular weight is 540 g/mol. The molecule has 4 N–H and O–H groups in total. The number of anilines is 1. The lowest BCUT2D eigenvalue weighted by atomic mass is 10.0. The number of aromatic nitrogens is 5. The van der Waals surface area contributed by atoms with Crippen molar-refractivity contribution in [2.75, 3.05) is 17.2 Å². The van der Waals surface area contributed by atoms with E-state index in [9.17, 15) is 19.5 Å². The Bertz CT molecular complexity index is 1220. The zero-order valence-corrected chi connectivity index (χ0v) is 21.2. The Labute approximate surface area is 211 Å². The van der Waals surface area contributed by atoms with Crippen molar-refractivity contribution < 1.29 is 24.3 Å². The highest BCUT2D eigenvalue weighted by atomic mass is 32.2. The molecule has 0 saturated carbocycles. The zero-order chi connectivity index (χ0) is 25.3. The van der Waals surface area contributed by atoms with E-state index in [0.717, 1.165) is 11.3 Å². The van der Waals surface area contributed by atoms with Gasteiger partial charge in [0, 0.05) is 23.9 Å². The second kappa shape index (κ2) is 10.2. The Balaban J connectivity index is 1.50. The molecule has 0 aliphatic carbocycles. The molecule has 2 aliphatic heterocycles. The molecule has 17 heteroatoms. The number of hydrogen-bond acceptors (Lipinski definition) is 13. The fraction of sp³-hybridized carbons (Fsp3) is 0.444. The number of oxime groups is 1. The van der Waals surface area contributed by atoms with E-state index in [4.69, 9.17) is 10.6 Å². The van der Waals surface area contributed by atoms with E-state index >= 15 is 0 Å². The first-order valence-corrected chi connectivity index (χ1v) is 13.1. The van der Waals surface area contributed by atoms with E-state index in [1.54, 1.807) is 26.3 Å². The largest absolute Gasteiger partial charge is 0.477 e. The summed E-state index contributed by atoms with van der Waals surface area (Å²) in [4.78, 5) is 48.5. The molecule has 4 rings (SSSR count). The van der Waals surface area contributed by atoms with Crippen molar-refractivity contribution in [1.82, 2.24) is 35.4 Å². The van der Waals surface area contributed by atoms with Gasteiger partial charge in [-0.3, -0.25) is 14.5 Å². The molecule has 2 atom stereocenters. The van der Waals surface area contributed by atoms with Crippen molar-refractivity contribution in [2.24, 2.45) is 12.2 Å². The monoisotopic (exact) mass is 539 g/mol. The van der Waals surface area contributed by atoms with Crippen molar-refractivity contribution in [3.05, 3.63) is 22.3 Å². The number of carbonyl (C=O) groups is 3. The van der Waals surface area contributed by atoms with E-state index in [1.807, 2.05) is 0 Å². The molecular formula is C18H21N9O5S3. The van der Waals surface area contributed by atoms with E-state index in [0.29, 0.717) is 22.2 Å². The standard InChI is InChI=1S/C18H21N9O5S3/c1-7(2)32-23-10(9-6-34-17(19)20-9)13(28)21-11-14(29)27-12(16(30)31)8(4-33-15(11)27)5-35-18-22-24-25-26(18)3/h6-7,11,15H,4-5H2,1-3H3,(H2,19,20)(H,21,28)(H,30,31)/t11?,15-/m1/s1. The Hall–Kier alpha value is -3.18. The number of β-lactam (4-membered cyclic amide) rings is 1. The Morgan fingerprint density at radius 3 is 2.83 bits per heavy atom. The minimum Gasteiger partial charge on any atom is -0.477 e. The van der Waals surface area contributed by atoms with Crippen LogP contribution in [0, 0.1) is 0 Å². The van der Waals surface area contributed by atoms with Crippen LogP contribution in [0.25, 0.3) is 0 Å². The first kappa shape index (κ1) is 24.9. The molecule has 2 aliphatic rings. The molecule has 14 nitrogen and oxygen atoms in total. The third kappa shape index (κ3) is 5.10. The molecule has 0 radical (unpaired) electrons. The fourth-order valence-electron chi connectivity index (χ4n) is 3.26. The van der Waals surface area contributed by atoms with Crippen LogP contribution < -0.4 is 11.1 Å². The number of nitrogens with zero attached hydrogens (tertiary/aromatic N) is 7. The van der Waals surface area contributed by atoms with E-state index in [-0.39, 0.29) is 28.3 Å². The quantitative estimate of drug-likeness (QED) is 0.166. The molecule has 0 spiro atoms. The number of nitrogens with one attached hydrogen (secondary N) is 1. The molecule has 1 fully saturated rings. The summed E-state index contributed by atoms with van der Waals surface area (Å²) < 4.78 is 1.48. The maximum Gasteiger partial charge on any atom is 0.352 e. The maximum absolute atomic E-state index is 13.0. The number of carboxylic acids is 1. The van der Waals surface area contributed by atoms with E-state index in [2.05, 4.69) is 31.0 Å². The molecule has 35 heavy (non-hydrogen) atoms. The average Bonchev–Trinajstić information content (AvgIpc) is 3.42. The SMILES string of the molecule is CC(C)ON=C(C(=O)NC1C(=O)N2C(C(=O)O)=C(CSc3nnnn3C)CS[C@H]12)c1csc(N)n1. The summed E-state index contributed by atoms with van der Waals surface area (Å²) in [7, 11) is 1.68. The summed E-state index contributed by atoms with van der Waals surface area (Å²) in [6.45, 7) is 3.49. The van der Waals surface area contributed by atoms with E-state index in [1.165, 1.54) is 33.1 Å². The van der Waals surface area contributed by atoms with Gasteiger partial charge in [-0.2, -0.15) is 0 Å². The van der Waals surface area contributed by atoms with Gasteiger partial charge in [0.15, 0.2) is 10.8 Å². The van der Waals surface area contributed by atoms with Crippen molar-refractivity contribution in [1.29, 1.82) is 0 Å². The van der Waals surface area contributed by atoms with Crippen LogP contribution in [0.1, 0.15) is 19.5 Å². The fourth-order valence-corrected chi connectivity index (χ4v) is 6.14. The Morgan fingerprint density at radius 2 is 2.23 bits per heavy atom. The van der Waals surface area contributed by atoms with Crippen molar-refractivity contribution >= 4 is 63.5 Å². The molecule has 1 unspecified atom stereocenters. The number of tetrazole rings is 1. The van der Waals surface area contributed by atoms with Crippen molar-refractivity contribution in [3.63, 3.8) is 0 Å². The van der Waals surface area contributed by atoms with Gasteiger partial charge in [0.05, 0.1) is 0 Å². The van der Waals surface area contributed by atoms with Crippen LogP contribution in [0.15, 0.2) is 27.0 Å². The van der Waals surface area contributed by atoms with Crippen LogP contribution in [0.4, 0.5) is 5.13 Å². The van der Waals surface area contributed by atoms with Gasteiger partial charge in [0.1, 0.15) is 28.9 Å². The number of thioether (sulfide) groups is 2. The first-order chi connectivity index (χ1) is 16.7. The van der Waals surface area contributed by atoms with Crippen LogP contribution in [-0.2, 0) is 26.3 Å². The molecule has 2 amide bonds. The van der Waals surface area contributed by atoms with Gasteiger partial charge >= 0.3 is 5.97 Å². The van der Waals surface area contributed by atoms with Gasteiger partial charge in [0.2, 0.25) is 5.16 Å². The second-order valence-electron chi connectivity index (χ2n) is 7.66. The minimum absolute atomic E-state index is 0.0869. The molecule has 1 saturated heterocycles. The number of rotatable bonds is 9. The summed E-state index contributed by atoms with van der Waals surface area (Å²) >= 11 is 3.77. The zero-order valence-electron chi connectivity index (χ0n) is 18.7. The summed E-state index contributed by atoms with van der Waals surface area (Å²) in [5, 5.41) is 29.3. The summed E-state index contributed by atoms with van der Waals surface area (Å²) in [5.41, 5.74) is 6.25. The van der Waals surface area contributed by atoms with Gasteiger partial charge in [-0.1, -0.05) is 16.9 Å². The van der Waals surface area contributed by atoms with Gasteiger partial charge in [0.25, 0.3) is 11.8 Å². The van der Waals surface area contributed by atoms with Gasteiger partial charge in [-0.05, 0) is 29.8 Å². The molecule has 2 aromatic heterocycles. The third-order valence-corrected chi connectivity index (χ3v) is 7.94. The molecule has 186 valence electrons. The number of nitrogen functional groups attached to an aromatic ring is 1. The molecule has 4 heterocycles. The predicted molar refractivity (Wildman–Crippen MR) is 128 cm³/mol. The van der Waals surface area contributed by atoms with Crippen LogP contribution in [0.5, 0.6) is 0 Å².